The summed E-state index contributed by atoms with van der Waals surface area (Å²) in [6.07, 6.45) is 5.50. The Morgan fingerprint density at radius 3 is 2.41 bits per heavy atom. The van der Waals surface area contributed by atoms with Crippen molar-refractivity contribution in [2.24, 2.45) is 5.73 Å². The number of ketones is 1. The number of aromatic nitrogens is 2. The Morgan fingerprint density at radius 2 is 1.72 bits per heavy atom. The van der Waals surface area contributed by atoms with E-state index in [4.69, 9.17) is 11.1 Å². The van der Waals surface area contributed by atoms with Crippen molar-refractivity contribution >= 4 is 27.4 Å². The summed E-state index contributed by atoms with van der Waals surface area (Å²) in [5.74, 6) is 0.269. The minimum absolute atomic E-state index is 0.0133. The maximum Gasteiger partial charge on any atom is 0.222 e. The quantitative estimate of drug-likeness (QED) is 0.318. The van der Waals surface area contributed by atoms with Crippen LogP contribution in [0.25, 0.3) is 11.1 Å². The highest BCUT2D eigenvalue weighted by atomic mass is 32.2. The number of benzene rings is 2. The molecule has 4 N–H and O–H groups in total. The predicted molar refractivity (Wildman–Crippen MR) is 124 cm³/mol. The van der Waals surface area contributed by atoms with Crippen molar-refractivity contribution in [3.8, 4) is 11.1 Å². The number of Topliss-reactive ketones (excluding diaryl/α,β-unsaturated/α-hetero) is 1. The number of carbonyl (C=O) groups is 1. The average molecular weight is 452 g/mol. The molecule has 3 rings (SSSR count). The summed E-state index contributed by atoms with van der Waals surface area (Å²) in [5.41, 5.74) is 8.87. The fraction of sp³-hybridized carbons (Fsp3) is 0.217. The minimum Gasteiger partial charge on any atom is -0.387 e. The van der Waals surface area contributed by atoms with Crippen LogP contribution in [0.15, 0.2) is 65.8 Å². The molecule has 0 aliphatic rings. The zero-order valence-electron chi connectivity index (χ0n) is 17.7. The van der Waals surface area contributed by atoms with E-state index in [1.54, 1.807) is 30.6 Å². The van der Waals surface area contributed by atoms with Crippen molar-refractivity contribution in [3.05, 3.63) is 72.1 Å². The van der Waals surface area contributed by atoms with Gasteiger partial charge >= 0.3 is 0 Å². The number of hydrogen-bond donors (Lipinski definition) is 3. The number of carbonyl (C=O) groups excluding carboxylic acids is 1. The van der Waals surface area contributed by atoms with Crippen LogP contribution >= 0.6 is 0 Å². The first-order chi connectivity index (χ1) is 15.2. The van der Waals surface area contributed by atoms with Crippen LogP contribution in [-0.4, -0.2) is 36.3 Å². The lowest BCUT2D eigenvalue weighted by atomic mass is 10.0. The van der Waals surface area contributed by atoms with Gasteiger partial charge in [0.15, 0.2) is 9.84 Å². The Kier molecular flexibility index (Phi) is 7.32. The Morgan fingerprint density at radius 1 is 1.03 bits per heavy atom. The lowest BCUT2D eigenvalue weighted by molar-refractivity contribution is -0.117. The Hall–Kier alpha value is -3.59. The number of hydrogen-bond acceptors (Lipinski definition) is 7. The fourth-order valence-electron chi connectivity index (χ4n) is 3.13. The number of aryl methyl sites for hydroxylation is 1. The number of nitrogens with one attached hydrogen (secondary N) is 2. The molecule has 0 amide bonds. The molecule has 0 saturated carbocycles. The summed E-state index contributed by atoms with van der Waals surface area (Å²) < 4.78 is 23.4. The third-order valence-electron chi connectivity index (χ3n) is 4.77. The van der Waals surface area contributed by atoms with E-state index in [0.717, 1.165) is 22.3 Å². The van der Waals surface area contributed by atoms with Crippen molar-refractivity contribution in [3.63, 3.8) is 0 Å². The number of amidine groups is 1. The molecule has 0 bridgehead atoms. The molecule has 9 heteroatoms. The van der Waals surface area contributed by atoms with E-state index >= 15 is 0 Å². The maximum atomic E-state index is 11.8. The lowest BCUT2D eigenvalue weighted by Crippen LogP contribution is -2.15. The average Bonchev–Trinajstić information content (AvgIpc) is 2.76. The molecular weight excluding hydrogens is 426 g/mol. The molecule has 0 fully saturated rings. The van der Waals surface area contributed by atoms with Gasteiger partial charge in [0.1, 0.15) is 5.78 Å². The van der Waals surface area contributed by atoms with Gasteiger partial charge < -0.3 is 11.1 Å². The van der Waals surface area contributed by atoms with Crippen molar-refractivity contribution in [1.29, 1.82) is 5.41 Å². The van der Waals surface area contributed by atoms with Gasteiger partial charge in [-0.05, 0) is 35.2 Å². The summed E-state index contributed by atoms with van der Waals surface area (Å²) >= 11 is 0. The second-order valence-electron chi connectivity index (χ2n) is 7.51. The van der Waals surface area contributed by atoms with Crippen LogP contribution in [-0.2, 0) is 27.6 Å². The van der Waals surface area contributed by atoms with Crippen molar-refractivity contribution < 1.29 is 13.2 Å². The molecule has 0 aliphatic heterocycles. The van der Waals surface area contributed by atoms with E-state index in [1.807, 2.05) is 30.3 Å². The molecule has 2 aromatic carbocycles. The van der Waals surface area contributed by atoms with E-state index in [-0.39, 0.29) is 22.9 Å². The van der Waals surface area contributed by atoms with Crippen LogP contribution in [0.4, 0.5) is 5.95 Å². The third kappa shape index (κ3) is 6.71. The summed E-state index contributed by atoms with van der Waals surface area (Å²) in [6.45, 7) is 0.395. The molecule has 0 atom stereocenters. The van der Waals surface area contributed by atoms with Crippen molar-refractivity contribution in [1.82, 2.24) is 9.97 Å². The first-order valence-electron chi connectivity index (χ1n) is 9.99. The number of anilines is 1. The molecule has 32 heavy (non-hydrogen) atoms. The summed E-state index contributed by atoms with van der Waals surface area (Å²) in [6, 6.07) is 14.5. The lowest BCUT2D eigenvalue weighted by Gasteiger charge is -2.08. The first-order valence-corrected chi connectivity index (χ1v) is 11.9. The highest BCUT2D eigenvalue weighted by Crippen LogP contribution is 2.21. The number of rotatable bonds is 10. The van der Waals surface area contributed by atoms with E-state index < -0.39 is 9.84 Å². The molecule has 3 aromatic rings. The molecule has 1 aromatic heterocycles. The molecule has 0 saturated heterocycles. The standard InChI is InChI=1S/C23H25N5O3S/c1-32(30,31)21-7-3-5-17(11-21)13-26-23-27-14-19(15-28-23)18-6-2-4-16(10-18)8-9-20(29)12-22(24)25/h2-7,10-11,14-15H,8-9,12-13H2,1H3,(H3,24,25)(H,26,27,28). The molecule has 0 spiro atoms. The van der Waals surface area contributed by atoms with Gasteiger partial charge in [0.2, 0.25) is 5.95 Å². The van der Waals surface area contributed by atoms with Crippen molar-refractivity contribution in [2.45, 2.75) is 30.7 Å². The summed E-state index contributed by atoms with van der Waals surface area (Å²) in [7, 11) is -3.26. The van der Waals surface area contributed by atoms with Gasteiger partial charge in [-0.1, -0.05) is 36.4 Å². The Labute approximate surface area is 187 Å². The Bertz CT molecular complexity index is 1220. The first kappa shape index (κ1) is 23.1. The highest BCUT2D eigenvalue weighted by molar-refractivity contribution is 7.90. The fourth-order valence-corrected chi connectivity index (χ4v) is 3.82. The third-order valence-corrected chi connectivity index (χ3v) is 5.88. The van der Waals surface area contributed by atoms with E-state index in [0.29, 0.717) is 25.3 Å². The van der Waals surface area contributed by atoms with Crippen molar-refractivity contribution in [2.75, 3.05) is 11.6 Å². The van der Waals surface area contributed by atoms with Crippen LogP contribution in [0, 0.1) is 5.41 Å². The van der Waals surface area contributed by atoms with Gasteiger partial charge in [0, 0.05) is 37.2 Å². The molecule has 0 unspecified atom stereocenters. The van der Waals surface area contributed by atoms with Crippen LogP contribution < -0.4 is 11.1 Å². The monoisotopic (exact) mass is 451 g/mol. The van der Waals surface area contributed by atoms with Crippen LogP contribution in [0.5, 0.6) is 0 Å². The van der Waals surface area contributed by atoms with Gasteiger partial charge in [-0.3, -0.25) is 10.2 Å². The SMILES string of the molecule is CS(=O)(=O)c1cccc(CNc2ncc(-c3cccc(CCC(=O)CC(=N)N)c3)cn2)c1. The second-order valence-corrected chi connectivity index (χ2v) is 9.53. The smallest absolute Gasteiger partial charge is 0.222 e. The second kappa shape index (κ2) is 10.1. The predicted octanol–water partition coefficient (Wildman–Crippen LogP) is 2.99. The summed E-state index contributed by atoms with van der Waals surface area (Å²) in [4.78, 5) is 20.7. The zero-order chi connectivity index (χ0) is 23.1. The topological polar surface area (TPSA) is 139 Å². The van der Waals surface area contributed by atoms with Crippen LogP contribution in [0.3, 0.4) is 0 Å². The molecule has 0 aliphatic carbocycles. The van der Waals surface area contributed by atoms with Crippen LogP contribution in [0.1, 0.15) is 24.0 Å². The van der Waals surface area contributed by atoms with E-state index in [2.05, 4.69) is 15.3 Å². The zero-order valence-corrected chi connectivity index (χ0v) is 18.5. The highest BCUT2D eigenvalue weighted by Gasteiger charge is 2.08. The molecule has 8 nitrogen and oxygen atoms in total. The number of nitrogens with zero attached hydrogens (tertiary/aromatic N) is 2. The number of sulfone groups is 1. The van der Waals surface area contributed by atoms with E-state index in [1.165, 1.54) is 6.26 Å². The van der Waals surface area contributed by atoms with Gasteiger partial charge in [-0.15, -0.1) is 0 Å². The molecule has 0 radical (unpaired) electrons. The normalized spacial score (nSPS) is 11.2. The van der Waals surface area contributed by atoms with E-state index in [9.17, 15) is 13.2 Å². The molecule has 166 valence electrons. The number of nitrogens with two attached hydrogens (primary N) is 1. The van der Waals surface area contributed by atoms with Crippen LogP contribution in [0.2, 0.25) is 0 Å². The molecular formula is C23H25N5O3S. The maximum absolute atomic E-state index is 11.8. The van der Waals surface area contributed by atoms with Gasteiger partial charge in [-0.2, -0.15) is 0 Å². The molecule has 1 heterocycles. The van der Waals surface area contributed by atoms with Gasteiger partial charge in [0.25, 0.3) is 0 Å². The summed E-state index contributed by atoms with van der Waals surface area (Å²) in [5, 5.41) is 10.3. The largest absolute Gasteiger partial charge is 0.387 e. The van der Waals surface area contributed by atoms with Gasteiger partial charge in [-0.25, -0.2) is 18.4 Å². The van der Waals surface area contributed by atoms with Gasteiger partial charge in [0.05, 0.1) is 17.2 Å². The Balaban J connectivity index is 1.62. The minimum atomic E-state index is -3.26.